The molecule has 0 bridgehead atoms. The number of anilines is 2. The van der Waals surface area contributed by atoms with E-state index in [9.17, 15) is 0 Å². The van der Waals surface area contributed by atoms with Gasteiger partial charge in [-0.3, -0.25) is 0 Å². The normalized spacial score (nSPS) is 18.2. The number of rotatable bonds is 2. The van der Waals surface area contributed by atoms with Crippen LogP contribution in [0.2, 0.25) is 0 Å². The molecule has 0 amide bonds. The third-order valence-electron chi connectivity index (χ3n) is 3.43. The zero-order chi connectivity index (χ0) is 13.2. The van der Waals surface area contributed by atoms with E-state index < -0.39 is 0 Å². The molecular formula is C15H16ClN3. The minimum atomic E-state index is 0.452. The second-order valence-electron chi connectivity index (χ2n) is 5.07. The summed E-state index contributed by atoms with van der Waals surface area (Å²) >= 11 is 5.78. The number of halogens is 1. The first-order valence-electron chi connectivity index (χ1n) is 6.50. The van der Waals surface area contributed by atoms with Crippen LogP contribution in [0.4, 0.5) is 11.6 Å². The Labute approximate surface area is 118 Å². The van der Waals surface area contributed by atoms with Gasteiger partial charge in [0.25, 0.3) is 0 Å². The molecule has 4 heteroatoms. The summed E-state index contributed by atoms with van der Waals surface area (Å²) in [4.78, 5) is 11.1. The molecule has 1 aliphatic rings. The van der Waals surface area contributed by atoms with Crippen LogP contribution >= 0.6 is 11.6 Å². The fourth-order valence-electron chi connectivity index (χ4n) is 2.54. The minimum Gasteiger partial charge on any atom is -0.310 e. The first-order chi connectivity index (χ1) is 9.28. The number of hydrogen-bond acceptors (Lipinski definition) is 3. The van der Waals surface area contributed by atoms with Crippen LogP contribution in [0, 0.1) is 5.92 Å². The highest BCUT2D eigenvalue weighted by Crippen LogP contribution is 2.33. The van der Waals surface area contributed by atoms with E-state index in [1.54, 1.807) is 12.4 Å². The highest BCUT2D eigenvalue weighted by Gasteiger charge is 2.23. The van der Waals surface area contributed by atoms with Gasteiger partial charge in [0, 0.05) is 30.2 Å². The van der Waals surface area contributed by atoms with Crippen LogP contribution in [0.25, 0.3) is 0 Å². The van der Waals surface area contributed by atoms with Crippen LogP contribution in [-0.4, -0.2) is 16.5 Å². The average Bonchev–Trinajstić information content (AvgIpc) is 2.46. The van der Waals surface area contributed by atoms with Crippen molar-refractivity contribution in [3.63, 3.8) is 0 Å². The molecule has 3 rings (SSSR count). The molecule has 1 aliphatic heterocycles. The average molecular weight is 274 g/mol. The second kappa shape index (κ2) is 5.17. The molecular weight excluding hydrogens is 258 g/mol. The zero-order valence-corrected chi connectivity index (χ0v) is 11.6. The van der Waals surface area contributed by atoms with Crippen molar-refractivity contribution < 1.29 is 0 Å². The van der Waals surface area contributed by atoms with E-state index in [1.807, 2.05) is 0 Å². The van der Waals surface area contributed by atoms with Gasteiger partial charge < -0.3 is 4.90 Å². The molecule has 0 N–H and O–H groups in total. The van der Waals surface area contributed by atoms with E-state index in [1.165, 1.54) is 11.3 Å². The molecule has 0 fully saturated rings. The maximum atomic E-state index is 5.78. The Morgan fingerprint density at radius 3 is 2.74 bits per heavy atom. The lowest BCUT2D eigenvalue weighted by Crippen LogP contribution is -2.31. The predicted molar refractivity (Wildman–Crippen MR) is 77.9 cm³/mol. The first-order valence-corrected chi connectivity index (χ1v) is 7.03. The molecule has 1 unspecified atom stereocenters. The number of aromatic nitrogens is 2. The van der Waals surface area contributed by atoms with Crippen LogP contribution in [0.3, 0.4) is 0 Å². The fraction of sp³-hybridized carbons (Fsp3) is 0.333. The van der Waals surface area contributed by atoms with E-state index in [-0.39, 0.29) is 0 Å². The largest absolute Gasteiger partial charge is 0.310 e. The highest BCUT2D eigenvalue weighted by molar-refractivity contribution is 6.17. The smallest absolute Gasteiger partial charge is 0.229 e. The Balaban J connectivity index is 1.99. The van der Waals surface area contributed by atoms with E-state index in [0.29, 0.717) is 11.8 Å². The molecule has 0 aliphatic carbocycles. The van der Waals surface area contributed by atoms with Crippen LogP contribution in [0.15, 0.2) is 36.7 Å². The number of para-hydroxylation sites is 1. The third-order valence-corrected chi connectivity index (χ3v) is 3.74. The van der Waals surface area contributed by atoms with E-state index in [2.05, 4.69) is 46.1 Å². The monoisotopic (exact) mass is 273 g/mol. The topological polar surface area (TPSA) is 29.0 Å². The Bertz CT molecular complexity index is 568. The first kappa shape index (κ1) is 12.4. The third kappa shape index (κ3) is 2.43. The minimum absolute atomic E-state index is 0.452. The molecule has 0 radical (unpaired) electrons. The van der Waals surface area contributed by atoms with Crippen molar-refractivity contribution in [3.05, 3.63) is 47.8 Å². The molecule has 0 spiro atoms. The lowest BCUT2D eigenvalue weighted by Gasteiger charge is -2.33. The van der Waals surface area contributed by atoms with E-state index in [4.69, 9.17) is 11.6 Å². The van der Waals surface area contributed by atoms with Crippen LogP contribution < -0.4 is 4.90 Å². The predicted octanol–water partition coefficient (Wildman–Crippen LogP) is 3.55. The summed E-state index contributed by atoms with van der Waals surface area (Å²) in [6.07, 6.45) is 4.72. The molecule has 0 saturated heterocycles. The number of nitrogens with zero attached hydrogens (tertiary/aromatic N) is 3. The summed E-state index contributed by atoms with van der Waals surface area (Å²) in [5.74, 6) is 1.81. The Morgan fingerprint density at radius 2 is 2.00 bits per heavy atom. The maximum absolute atomic E-state index is 5.78. The molecule has 1 atom stereocenters. The fourth-order valence-corrected chi connectivity index (χ4v) is 2.68. The number of benzene rings is 1. The molecule has 2 aromatic rings. The summed E-state index contributed by atoms with van der Waals surface area (Å²) in [6.45, 7) is 3.22. The van der Waals surface area contributed by atoms with Crippen molar-refractivity contribution in [1.82, 2.24) is 9.97 Å². The van der Waals surface area contributed by atoms with Gasteiger partial charge in [-0.15, -0.1) is 11.6 Å². The van der Waals surface area contributed by atoms with E-state index >= 15 is 0 Å². The van der Waals surface area contributed by atoms with Crippen molar-refractivity contribution in [1.29, 1.82) is 0 Å². The van der Waals surface area contributed by atoms with Crippen molar-refractivity contribution >= 4 is 23.2 Å². The molecule has 1 aromatic heterocycles. The van der Waals surface area contributed by atoms with Crippen molar-refractivity contribution in [2.45, 2.75) is 19.2 Å². The number of alkyl halides is 1. The molecule has 2 heterocycles. The Morgan fingerprint density at radius 1 is 1.26 bits per heavy atom. The van der Waals surface area contributed by atoms with Gasteiger partial charge in [0.05, 0.1) is 5.88 Å². The SMILES string of the molecule is CC1Cc2ccccc2N(c2ncc(CCl)cn2)C1. The molecule has 1 aromatic carbocycles. The second-order valence-corrected chi connectivity index (χ2v) is 5.34. The van der Waals surface area contributed by atoms with Crippen molar-refractivity contribution in [3.8, 4) is 0 Å². The molecule has 0 saturated carbocycles. The number of fused-ring (bicyclic) bond motifs is 1. The van der Waals surface area contributed by atoms with Gasteiger partial charge >= 0.3 is 0 Å². The van der Waals surface area contributed by atoms with Crippen molar-refractivity contribution in [2.75, 3.05) is 11.4 Å². The summed E-state index contributed by atoms with van der Waals surface area (Å²) in [6, 6.07) is 8.48. The zero-order valence-electron chi connectivity index (χ0n) is 10.9. The summed E-state index contributed by atoms with van der Waals surface area (Å²) < 4.78 is 0. The lowest BCUT2D eigenvalue weighted by atomic mass is 9.94. The van der Waals surface area contributed by atoms with Gasteiger partial charge in [-0.05, 0) is 24.0 Å². The van der Waals surface area contributed by atoms with Gasteiger partial charge in [-0.1, -0.05) is 25.1 Å². The standard InChI is InChI=1S/C15H16ClN3/c1-11-6-13-4-2-3-5-14(13)19(10-11)15-17-8-12(7-16)9-18-15/h2-5,8-9,11H,6-7,10H2,1H3. The van der Waals surface area contributed by atoms with Gasteiger partial charge in [0.1, 0.15) is 0 Å². The summed E-state index contributed by atoms with van der Waals surface area (Å²) in [5.41, 5.74) is 3.54. The molecule has 19 heavy (non-hydrogen) atoms. The van der Waals surface area contributed by atoms with Crippen LogP contribution in [0.1, 0.15) is 18.1 Å². The van der Waals surface area contributed by atoms with Gasteiger partial charge in [0.15, 0.2) is 0 Å². The lowest BCUT2D eigenvalue weighted by molar-refractivity contribution is 0.557. The summed E-state index contributed by atoms with van der Waals surface area (Å²) in [5, 5.41) is 0. The van der Waals surface area contributed by atoms with Crippen LogP contribution in [-0.2, 0) is 12.3 Å². The van der Waals surface area contributed by atoms with E-state index in [0.717, 1.165) is 24.5 Å². The Kier molecular flexibility index (Phi) is 3.38. The van der Waals surface area contributed by atoms with Gasteiger partial charge in [-0.2, -0.15) is 0 Å². The summed E-state index contributed by atoms with van der Waals surface area (Å²) in [7, 11) is 0. The molecule has 3 nitrogen and oxygen atoms in total. The quantitative estimate of drug-likeness (QED) is 0.784. The molecule has 98 valence electrons. The van der Waals surface area contributed by atoms with Gasteiger partial charge in [-0.25, -0.2) is 9.97 Å². The van der Waals surface area contributed by atoms with Crippen molar-refractivity contribution in [2.24, 2.45) is 5.92 Å². The highest BCUT2D eigenvalue weighted by atomic mass is 35.5. The van der Waals surface area contributed by atoms with Gasteiger partial charge in [0.2, 0.25) is 5.95 Å². The maximum Gasteiger partial charge on any atom is 0.229 e. The van der Waals surface area contributed by atoms with Crippen LogP contribution in [0.5, 0.6) is 0 Å². The number of hydrogen-bond donors (Lipinski definition) is 0. The Hall–Kier alpha value is -1.61.